The Labute approximate surface area is 103 Å². The van der Waals surface area contributed by atoms with Crippen molar-refractivity contribution in [1.82, 2.24) is 4.90 Å². The zero-order valence-corrected chi connectivity index (χ0v) is 10.6. The fraction of sp³-hybridized carbons (Fsp3) is 0.692. The van der Waals surface area contributed by atoms with Crippen molar-refractivity contribution >= 4 is 5.91 Å². The van der Waals surface area contributed by atoms with Crippen LogP contribution in [0.4, 0.5) is 0 Å². The summed E-state index contributed by atoms with van der Waals surface area (Å²) in [6.45, 7) is 3.37. The molecule has 0 radical (unpaired) electrons. The summed E-state index contributed by atoms with van der Waals surface area (Å²) in [5.41, 5.74) is 0. The van der Waals surface area contributed by atoms with E-state index in [1.165, 1.54) is 0 Å². The summed E-state index contributed by atoms with van der Waals surface area (Å²) >= 11 is 0. The molecule has 0 aromatic carbocycles. The molecule has 0 aromatic rings. The molecule has 0 saturated carbocycles. The predicted octanol–water partition coefficient (Wildman–Crippen LogP) is 1.73. The van der Waals surface area contributed by atoms with E-state index in [2.05, 4.69) is 13.0 Å². The van der Waals surface area contributed by atoms with Crippen molar-refractivity contribution in [3.8, 4) is 6.07 Å². The van der Waals surface area contributed by atoms with Gasteiger partial charge in [-0.2, -0.15) is 5.26 Å². The van der Waals surface area contributed by atoms with Gasteiger partial charge in [0.25, 0.3) is 0 Å². The second-order valence-corrected chi connectivity index (χ2v) is 4.53. The number of piperidine rings is 1. The van der Waals surface area contributed by atoms with E-state index in [9.17, 15) is 4.79 Å². The van der Waals surface area contributed by atoms with Crippen LogP contribution < -0.4 is 0 Å². The van der Waals surface area contributed by atoms with Crippen LogP contribution in [-0.2, 0) is 9.53 Å². The third kappa shape index (κ3) is 4.20. The van der Waals surface area contributed by atoms with Crippen molar-refractivity contribution < 1.29 is 9.53 Å². The predicted molar refractivity (Wildman–Crippen MR) is 65.1 cm³/mol. The second-order valence-electron chi connectivity index (χ2n) is 4.53. The van der Waals surface area contributed by atoms with Gasteiger partial charge in [0, 0.05) is 25.8 Å². The Morgan fingerprint density at radius 1 is 1.65 bits per heavy atom. The Hall–Kier alpha value is -1.34. The molecule has 1 rings (SSSR count). The number of amides is 1. The normalized spacial score (nSPS) is 24.9. The summed E-state index contributed by atoms with van der Waals surface area (Å²) in [5.74, 6) is 0.592. The zero-order valence-electron chi connectivity index (χ0n) is 10.6. The topological polar surface area (TPSA) is 53.3 Å². The first-order chi connectivity index (χ1) is 8.19. The van der Waals surface area contributed by atoms with Crippen LogP contribution in [0.25, 0.3) is 0 Å². The van der Waals surface area contributed by atoms with Crippen LogP contribution in [0.1, 0.15) is 26.2 Å². The van der Waals surface area contributed by atoms with Crippen LogP contribution in [0.2, 0.25) is 0 Å². The third-order valence-corrected chi connectivity index (χ3v) is 3.11. The van der Waals surface area contributed by atoms with E-state index in [1.807, 2.05) is 4.90 Å². The molecule has 0 unspecified atom stereocenters. The highest BCUT2D eigenvalue weighted by Crippen LogP contribution is 2.24. The maximum absolute atomic E-state index is 11.9. The summed E-state index contributed by atoms with van der Waals surface area (Å²) in [6, 6.07) is 2.24. The molecule has 0 spiro atoms. The Bertz CT molecular complexity index is 320. The lowest BCUT2D eigenvalue weighted by Crippen LogP contribution is -2.44. The lowest BCUT2D eigenvalue weighted by Gasteiger charge is -2.36. The monoisotopic (exact) mass is 236 g/mol. The number of carbonyl (C=O) groups excluding carboxylic acids is 1. The van der Waals surface area contributed by atoms with Crippen LogP contribution >= 0.6 is 0 Å². The summed E-state index contributed by atoms with van der Waals surface area (Å²) < 4.78 is 4.86. The quantitative estimate of drug-likeness (QED) is 0.698. The van der Waals surface area contributed by atoms with Gasteiger partial charge in [0.05, 0.1) is 19.1 Å². The van der Waals surface area contributed by atoms with E-state index >= 15 is 0 Å². The van der Waals surface area contributed by atoms with E-state index in [0.29, 0.717) is 18.9 Å². The first-order valence-corrected chi connectivity index (χ1v) is 6.02. The van der Waals surface area contributed by atoms with Crippen molar-refractivity contribution in [2.24, 2.45) is 5.92 Å². The number of hydrogen-bond acceptors (Lipinski definition) is 3. The van der Waals surface area contributed by atoms with Crippen LogP contribution in [0.15, 0.2) is 12.2 Å². The van der Waals surface area contributed by atoms with Gasteiger partial charge in [-0.3, -0.25) is 4.79 Å². The minimum absolute atomic E-state index is 0.00537. The van der Waals surface area contributed by atoms with Crippen LogP contribution in [0.5, 0.6) is 0 Å². The molecule has 2 atom stereocenters. The van der Waals surface area contributed by atoms with E-state index in [4.69, 9.17) is 10.00 Å². The summed E-state index contributed by atoms with van der Waals surface area (Å²) in [4.78, 5) is 13.8. The molecule has 4 nitrogen and oxygen atoms in total. The van der Waals surface area contributed by atoms with Crippen LogP contribution in [0.3, 0.4) is 0 Å². The van der Waals surface area contributed by atoms with Gasteiger partial charge in [-0.05, 0) is 18.8 Å². The minimum Gasteiger partial charge on any atom is -0.381 e. The fourth-order valence-electron chi connectivity index (χ4n) is 2.18. The Morgan fingerprint density at radius 2 is 2.41 bits per heavy atom. The van der Waals surface area contributed by atoms with Gasteiger partial charge in [0.2, 0.25) is 5.91 Å². The lowest BCUT2D eigenvalue weighted by molar-refractivity contribution is -0.130. The number of hydrogen-bond donors (Lipinski definition) is 0. The van der Waals surface area contributed by atoms with Gasteiger partial charge in [0.1, 0.15) is 0 Å². The summed E-state index contributed by atoms with van der Waals surface area (Å²) in [7, 11) is 1.59. The van der Waals surface area contributed by atoms with Crippen LogP contribution in [-0.4, -0.2) is 37.1 Å². The van der Waals surface area contributed by atoms with E-state index in [0.717, 1.165) is 19.4 Å². The molecule has 0 aromatic heterocycles. The number of nitriles is 1. The van der Waals surface area contributed by atoms with E-state index < -0.39 is 0 Å². The van der Waals surface area contributed by atoms with Gasteiger partial charge in [-0.1, -0.05) is 13.0 Å². The highest BCUT2D eigenvalue weighted by atomic mass is 16.5. The first kappa shape index (κ1) is 13.7. The summed E-state index contributed by atoms with van der Waals surface area (Å²) in [6.07, 6.45) is 5.63. The van der Waals surface area contributed by atoms with Crippen molar-refractivity contribution in [2.45, 2.75) is 32.2 Å². The molecule has 1 saturated heterocycles. The molecule has 1 amide bonds. The lowest BCUT2D eigenvalue weighted by atomic mass is 9.91. The SMILES string of the molecule is COC/C=C/C(=O)N1CC[C@H](C)C[C@H]1CC#N. The Morgan fingerprint density at radius 3 is 3.06 bits per heavy atom. The standard InChI is InChI=1S/C13H20N2O2/c1-11-6-8-15(12(10-11)5-7-14)13(16)4-3-9-17-2/h3-4,11-12H,5-6,8-10H2,1-2H3/b4-3+/t11-,12+/m0/s1. The number of nitrogens with zero attached hydrogens (tertiary/aromatic N) is 2. The molecule has 1 fully saturated rings. The summed E-state index contributed by atoms with van der Waals surface area (Å²) in [5, 5.41) is 8.79. The highest BCUT2D eigenvalue weighted by Gasteiger charge is 2.28. The highest BCUT2D eigenvalue weighted by molar-refractivity contribution is 5.87. The molecule has 1 aliphatic heterocycles. The zero-order chi connectivity index (χ0) is 12.7. The molecule has 0 bridgehead atoms. The molecule has 0 N–H and O–H groups in total. The van der Waals surface area contributed by atoms with Gasteiger partial charge in [-0.25, -0.2) is 0 Å². The smallest absolute Gasteiger partial charge is 0.246 e. The third-order valence-electron chi connectivity index (χ3n) is 3.11. The molecule has 17 heavy (non-hydrogen) atoms. The molecule has 4 heteroatoms. The van der Waals surface area contributed by atoms with Crippen molar-refractivity contribution in [3.63, 3.8) is 0 Å². The minimum atomic E-state index is -0.00537. The molecule has 1 aliphatic rings. The average Bonchev–Trinajstić information content (AvgIpc) is 2.30. The molecule has 0 aliphatic carbocycles. The number of methoxy groups -OCH3 is 1. The molecular formula is C13H20N2O2. The van der Waals surface area contributed by atoms with Crippen molar-refractivity contribution in [1.29, 1.82) is 5.26 Å². The number of carbonyl (C=O) groups is 1. The fourth-order valence-corrected chi connectivity index (χ4v) is 2.18. The second kappa shape index (κ2) is 7.08. The molecular weight excluding hydrogens is 216 g/mol. The molecule has 1 heterocycles. The number of rotatable bonds is 4. The van der Waals surface area contributed by atoms with Gasteiger partial charge in [0.15, 0.2) is 0 Å². The van der Waals surface area contributed by atoms with Gasteiger partial charge < -0.3 is 9.64 Å². The Kier molecular flexibility index (Phi) is 5.71. The Balaban J connectivity index is 2.60. The first-order valence-electron chi connectivity index (χ1n) is 6.02. The van der Waals surface area contributed by atoms with Gasteiger partial charge >= 0.3 is 0 Å². The van der Waals surface area contributed by atoms with E-state index in [1.54, 1.807) is 19.3 Å². The van der Waals surface area contributed by atoms with E-state index in [-0.39, 0.29) is 11.9 Å². The maximum Gasteiger partial charge on any atom is 0.246 e. The van der Waals surface area contributed by atoms with Crippen molar-refractivity contribution in [3.05, 3.63) is 12.2 Å². The average molecular weight is 236 g/mol. The van der Waals surface area contributed by atoms with Crippen molar-refractivity contribution in [2.75, 3.05) is 20.3 Å². The largest absolute Gasteiger partial charge is 0.381 e. The molecule has 94 valence electrons. The van der Waals surface area contributed by atoms with Gasteiger partial charge in [-0.15, -0.1) is 0 Å². The van der Waals surface area contributed by atoms with Crippen LogP contribution in [0, 0.1) is 17.2 Å². The number of ether oxygens (including phenoxy) is 1. The maximum atomic E-state index is 11.9. The number of likely N-dealkylation sites (tertiary alicyclic amines) is 1.